The molecule has 0 aromatic heterocycles. The predicted molar refractivity (Wildman–Crippen MR) is 57.8 cm³/mol. The first kappa shape index (κ1) is 12.3. The third kappa shape index (κ3) is 3.68. The number of benzene rings is 1. The van der Waals surface area contributed by atoms with Crippen LogP contribution in [0.4, 0.5) is 4.39 Å². The van der Waals surface area contributed by atoms with Crippen molar-refractivity contribution in [3.8, 4) is 5.75 Å². The van der Waals surface area contributed by atoms with Gasteiger partial charge in [-0.15, -0.1) is 0 Å². The van der Waals surface area contributed by atoms with Crippen LogP contribution in [0.3, 0.4) is 0 Å². The quantitative estimate of drug-likeness (QED) is 0.865. The Kier molecular flexibility index (Phi) is 3.94. The van der Waals surface area contributed by atoms with Crippen LogP contribution in [0.1, 0.15) is 13.8 Å². The number of halogens is 2. The number of hydrogen-bond acceptors (Lipinski definition) is 2. The van der Waals surface area contributed by atoms with Crippen LogP contribution in [-0.2, 0) is 0 Å². The number of ether oxygens (including phenoxy) is 1. The largest absolute Gasteiger partial charge is 0.491 e. The molecule has 84 valence electrons. The first-order chi connectivity index (χ1) is 6.94. The number of aliphatic hydroxyl groups excluding tert-OH is 1. The zero-order valence-electron chi connectivity index (χ0n) is 8.76. The van der Waals surface area contributed by atoms with Crippen molar-refractivity contribution < 1.29 is 14.2 Å². The molecule has 0 radical (unpaired) electrons. The van der Waals surface area contributed by atoms with Crippen molar-refractivity contribution in [3.05, 3.63) is 29.0 Å². The Morgan fingerprint density at radius 2 is 2.13 bits per heavy atom. The van der Waals surface area contributed by atoms with E-state index in [1.807, 2.05) is 13.8 Å². The highest BCUT2D eigenvalue weighted by molar-refractivity contribution is 6.32. The van der Waals surface area contributed by atoms with Gasteiger partial charge in [0.05, 0.1) is 18.2 Å². The van der Waals surface area contributed by atoms with E-state index in [4.69, 9.17) is 21.4 Å². The molecule has 1 N–H and O–H groups in total. The summed E-state index contributed by atoms with van der Waals surface area (Å²) in [6, 6.07) is 3.94. The fourth-order valence-electron chi connectivity index (χ4n) is 0.907. The van der Waals surface area contributed by atoms with Gasteiger partial charge in [0.2, 0.25) is 0 Å². The lowest BCUT2D eigenvalue weighted by Crippen LogP contribution is -2.25. The van der Waals surface area contributed by atoms with E-state index in [0.29, 0.717) is 10.8 Å². The standard InChI is InChI=1S/C11H14ClFO2/c1-11(2,6-14)7-15-10-5-8(13)3-4-9(10)12/h3-5,14H,6-7H2,1-2H3. The van der Waals surface area contributed by atoms with Crippen molar-refractivity contribution in [2.45, 2.75) is 13.8 Å². The summed E-state index contributed by atoms with van der Waals surface area (Å²) in [7, 11) is 0. The smallest absolute Gasteiger partial charge is 0.140 e. The van der Waals surface area contributed by atoms with Gasteiger partial charge in [0.15, 0.2) is 0 Å². The van der Waals surface area contributed by atoms with Crippen LogP contribution in [-0.4, -0.2) is 18.3 Å². The molecule has 15 heavy (non-hydrogen) atoms. The van der Waals surface area contributed by atoms with E-state index in [-0.39, 0.29) is 18.6 Å². The monoisotopic (exact) mass is 232 g/mol. The summed E-state index contributed by atoms with van der Waals surface area (Å²) < 4.78 is 18.2. The zero-order valence-corrected chi connectivity index (χ0v) is 9.51. The van der Waals surface area contributed by atoms with E-state index in [0.717, 1.165) is 0 Å². The van der Waals surface area contributed by atoms with Crippen LogP contribution >= 0.6 is 11.6 Å². The summed E-state index contributed by atoms with van der Waals surface area (Å²) in [5.41, 5.74) is -0.365. The van der Waals surface area contributed by atoms with Crippen LogP contribution in [0.15, 0.2) is 18.2 Å². The van der Waals surface area contributed by atoms with Crippen LogP contribution in [0.2, 0.25) is 5.02 Å². The maximum absolute atomic E-state index is 12.9. The van der Waals surface area contributed by atoms with Gasteiger partial charge >= 0.3 is 0 Å². The Morgan fingerprint density at radius 1 is 1.47 bits per heavy atom. The lowest BCUT2D eigenvalue weighted by Gasteiger charge is -2.22. The third-order valence-corrected chi connectivity index (χ3v) is 2.25. The minimum Gasteiger partial charge on any atom is -0.491 e. The van der Waals surface area contributed by atoms with E-state index in [2.05, 4.69) is 0 Å². The Bertz CT molecular complexity index is 339. The Hall–Kier alpha value is -0.800. The normalized spacial score (nSPS) is 11.5. The first-order valence-electron chi connectivity index (χ1n) is 4.63. The molecular formula is C11H14ClFO2. The Balaban J connectivity index is 2.69. The summed E-state index contributed by atoms with van der Waals surface area (Å²) >= 11 is 5.81. The van der Waals surface area contributed by atoms with Gasteiger partial charge in [-0.2, -0.15) is 0 Å². The van der Waals surface area contributed by atoms with Crippen molar-refractivity contribution >= 4 is 11.6 Å². The topological polar surface area (TPSA) is 29.5 Å². The van der Waals surface area contributed by atoms with Gasteiger partial charge in [0.25, 0.3) is 0 Å². The summed E-state index contributed by atoms with van der Waals surface area (Å²) in [5.74, 6) is -0.0885. The molecule has 0 bridgehead atoms. The number of hydrogen-bond donors (Lipinski definition) is 1. The molecule has 2 nitrogen and oxygen atoms in total. The Morgan fingerprint density at radius 3 is 2.73 bits per heavy atom. The molecule has 0 aliphatic rings. The van der Waals surface area contributed by atoms with Gasteiger partial charge in [-0.05, 0) is 12.1 Å². The molecular weight excluding hydrogens is 219 g/mol. The van der Waals surface area contributed by atoms with Crippen LogP contribution in [0, 0.1) is 11.2 Å². The molecule has 1 aromatic rings. The van der Waals surface area contributed by atoms with E-state index in [1.165, 1.54) is 18.2 Å². The molecule has 0 atom stereocenters. The average molecular weight is 233 g/mol. The van der Waals surface area contributed by atoms with Crippen molar-refractivity contribution in [1.82, 2.24) is 0 Å². The molecule has 0 saturated heterocycles. The number of rotatable bonds is 4. The summed E-state index contributed by atoms with van der Waals surface area (Å²) in [4.78, 5) is 0. The van der Waals surface area contributed by atoms with Gasteiger partial charge in [-0.25, -0.2) is 4.39 Å². The second-order valence-electron chi connectivity index (χ2n) is 4.19. The van der Waals surface area contributed by atoms with Crippen LogP contribution in [0.5, 0.6) is 5.75 Å². The lowest BCUT2D eigenvalue weighted by molar-refractivity contribution is 0.0974. The van der Waals surface area contributed by atoms with Crippen molar-refractivity contribution in [2.75, 3.05) is 13.2 Å². The highest BCUT2D eigenvalue weighted by Crippen LogP contribution is 2.26. The fourth-order valence-corrected chi connectivity index (χ4v) is 1.08. The van der Waals surface area contributed by atoms with Gasteiger partial charge < -0.3 is 9.84 Å². The molecule has 0 heterocycles. The van der Waals surface area contributed by atoms with Gasteiger partial charge in [-0.1, -0.05) is 25.4 Å². The highest BCUT2D eigenvalue weighted by Gasteiger charge is 2.18. The maximum Gasteiger partial charge on any atom is 0.140 e. The van der Waals surface area contributed by atoms with Gasteiger partial charge in [0.1, 0.15) is 11.6 Å². The first-order valence-corrected chi connectivity index (χ1v) is 5.01. The summed E-state index contributed by atoms with van der Waals surface area (Å²) in [6.45, 7) is 3.98. The average Bonchev–Trinajstić information content (AvgIpc) is 2.20. The molecule has 0 aliphatic carbocycles. The zero-order chi connectivity index (χ0) is 11.5. The van der Waals surface area contributed by atoms with Crippen molar-refractivity contribution in [1.29, 1.82) is 0 Å². The minimum absolute atomic E-state index is 0.0000647. The summed E-state index contributed by atoms with van der Waals surface area (Å²) in [6.07, 6.45) is 0. The molecule has 0 saturated carbocycles. The van der Waals surface area contributed by atoms with Gasteiger partial charge in [-0.3, -0.25) is 0 Å². The maximum atomic E-state index is 12.9. The van der Waals surface area contributed by atoms with Crippen LogP contribution in [0.25, 0.3) is 0 Å². The van der Waals surface area contributed by atoms with Crippen LogP contribution < -0.4 is 4.74 Å². The molecule has 1 rings (SSSR count). The second-order valence-corrected chi connectivity index (χ2v) is 4.59. The molecule has 0 fully saturated rings. The number of aliphatic hydroxyl groups is 1. The highest BCUT2D eigenvalue weighted by atomic mass is 35.5. The van der Waals surface area contributed by atoms with Gasteiger partial charge in [0, 0.05) is 11.5 Å². The van der Waals surface area contributed by atoms with E-state index in [9.17, 15) is 4.39 Å². The van der Waals surface area contributed by atoms with E-state index >= 15 is 0 Å². The lowest BCUT2D eigenvalue weighted by atomic mass is 9.97. The molecule has 1 aromatic carbocycles. The fraction of sp³-hybridized carbons (Fsp3) is 0.455. The van der Waals surface area contributed by atoms with E-state index in [1.54, 1.807) is 0 Å². The van der Waals surface area contributed by atoms with Crippen molar-refractivity contribution in [2.24, 2.45) is 5.41 Å². The summed E-state index contributed by atoms with van der Waals surface area (Å²) in [5, 5.41) is 9.37. The minimum atomic E-state index is -0.392. The second kappa shape index (κ2) is 4.81. The Labute approximate surface area is 93.6 Å². The predicted octanol–water partition coefficient (Wildman–Crippen LogP) is 2.88. The molecule has 0 unspecified atom stereocenters. The molecule has 0 spiro atoms. The molecule has 0 aliphatic heterocycles. The molecule has 0 amide bonds. The third-order valence-electron chi connectivity index (χ3n) is 1.94. The molecule has 4 heteroatoms. The SMILES string of the molecule is CC(C)(CO)COc1cc(F)ccc1Cl. The van der Waals surface area contributed by atoms with E-state index < -0.39 is 5.82 Å². The van der Waals surface area contributed by atoms with Crippen molar-refractivity contribution in [3.63, 3.8) is 0 Å².